The molecule has 1 fully saturated rings. The number of rotatable bonds is 3. The molecule has 1 heterocycles. The molecule has 3 atom stereocenters. The summed E-state index contributed by atoms with van der Waals surface area (Å²) in [5.74, 6) is -3.45. The lowest BCUT2D eigenvalue weighted by Crippen LogP contribution is -2.39. The maximum Gasteiger partial charge on any atom is 0.321 e. The van der Waals surface area contributed by atoms with Gasteiger partial charge in [0.1, 0.15) is 6.04 Å². The van der Waals surface area contributed by atoms with E-state index in [1.165, 1.54) is 12.1 Å². The second-order valence-corrected chi connectivity index (χ2v) is 6.93. The maximum absolute atomic E-state index is 14.0. The third-order valence-electron chi connectivity index (χ3n) is 3.86. The van der Waals surface area contributed by atoms with E-state index in [0.29, 0.717) is 6.42 Å². The fourth-order valence-electron chi connectivity index (χ4n) is 3.12. The number of hydrogen-bond acceptors (Lipinski definition) is 2. The number of aliphatic carboxylic acids is 1. The Hall–Kier alpha value is -1.49. The quantitative estimate of drug-likeness (QED) is 0.900. The molecule has 0 amide bonds. The van der Waals surface area contributed by atoms with Crippen molar-refractivity contribution in [2.24, 2.45) is 5.41 Å². The number of nitrogens with one attached hydrogen (secondary N) is 1. The number of carboxylic acid groups (broad SMARTS) is 1. The Morgan fingerprint density at radius 2 is 2.05 bits per heavy atom. The third kappa shape index (κ3) is 3.59. The van der Waals surface area contributed by atoms with Gasteiger partial charge in [-0.2, -0.15) is 0 Å². The van der Waals surface area contributed by atoms with Gasteiger partial charge in [0.05, 0.1) is 0 Å². The Labute approximate surface area is 123 Å². The molecule has 0 bridgehead atoms. The SMILES string of the molecule is CC(C)(C)CC1CC(c2cccc(F)c2F)C(C(=O)O)N1. The van der Waals surface area contributed by atoms with Gasteiger partial charge in [0, 0.05) is 12.0 Å². The number of carboxylic acids is 1. The summed E-state index contributed by atoms with van der Waals surface area (Å²) in [5, 5.41) is 12.4. The average Bonchev–Trinajstić information content (AvgIpc) is 2.74. The molecule has 3 nitrogen and oxygen atoms in total. The van der Waals surface area contributed by atoms with Gasteiger partial charge >= 0.3 is 5.97 Å². The van der Waals surface area contributed by atoms with Crippen molar-refractivity contribution < 1.29 is 18.7 Å². The number of halogens is 2. The summed E-state index contributed by atoms with van der Waals surface area (Å²) < 4.78 is 27.3. The number of hydrogen-bond donors (Lipinski definition) is 2. The highest BCUT2D eigenvalue weighted by Gasteiger charge is 2.41. The Morgan fingerprint density at radius 1 is 1.38 bits per heavy atom. The first kappa shape index (κ1) is 15.9. The van der Waals surface area contributed by atoms with Crippen LogP contribution in [0.3, 0.4) is 0 Å². The highest BCUT2D eigenvalue weighted by Crippen LogP contribution is 2.37. The molecule has 3 unspecified atom stereocenters. The van der Waals surface area contributed by atoms with Crippen LogP contribution in [0.1, 0.15) is 45.1 Å². The largest absolute Gasteiger partial charge is 0.480 e. The molecule has 116 valence electrons. The minimum Gasteiger partial charge on any atom is -0.480 e. The summed E-state index contributed by atoms with van der Waals surface area (Å²) in [6, 6.07) is 3.04. The average molecular weight is 297 g/mol. The fraction of sp³-hybridized carbons (Fsp3) is 0.562. The molecule has 1 aliphatic rings. The Kier molecular flexibility index (Phi) is 4.33. The summed E-state index contributed by atoms with van der Waals surface area (Å²) in [6.45, 7) is 6.21. The molecule has 0 spiro atoms. The standard InChI is InChI=1S/C16H21F2NO2/c1-16(2,3)8-9-7-11(14(19-9)15(20)21)10-5-4-6-12(17)13(10)18/h4-6,9,11,14,19H,7-8H2,1-3H3,(H,20,21). The highest BCUT2D eigenvalue weighted by atomic mass is 19.2. The molecule has 1 saturated heterocycles. The van der Waals surface area contributed by atoms with Gasteiger partial charge in [0.2, 0.25) is 0 Å². The van der Waals surface area contributed by atoms with Crippen LogP contribution in [0.2, 0.25) is 0 Å². The van der Waals surface area contributed by atoms with Crippen molar-refractivity contribution in [1.29, 1.82) is 0 Å². The molecule has 1 aromatic rings. The van der Waals surface area contributed by atoms with Crippen LogP contribution in [-0.2, 0) is 4.79 Å². The maximum atomic E-state index is 14.0. The van der Waals surface area contributed by atoms with Crippen molar-refractivity contribution in [2.45, 2.75) is 51.6 Å². The minimum absolute atomic E-state index is 0.0150. The molecule has 0 aromatic heterocycles. The van der Waals surface area contributed by atoms with Crippen LogP contribution in [0.25, 0.3) is 0 Å². The Morgan fingerprint density at radius 3 is 2.62 bits per heavy atom. The topological polar surface area (TPSA) is 49.3 Å². The summed E-state index contributed by atoms with van der Waals surface area (Å²) in [7, 11) is 0. The Bertz CT molecular complexity index is 540. The second-order valence-electron chi connectivity index (χ2n) is 6.93. The molecule has 5 heteroatoms. The molecule has 0 saturated carbocycles. The minimum atomic E-state index is -1.03. The smallest absolute Gasteiger partial charge is 0.321 e. The number of carbonyl (C=O) groups is 1. The van der Waals surface area contributed by atoms with Crippen molar-refractivity contribution in [1.82, 2.24) is 5.32 Å². The monoisotopic (exact) mass is 297 g/mol. The first-order chi connectivity index (χ1) is 9.69. The molecule has 1 aromatic carbocycles. The van der Waals surface area contributed by atoms with Crippen LogP contribution in [-0.4, -0.2) is 23.2 Å². The van der Waals surface area contributed by atoms with Gasteiger partial charge in [0.15, 0.2) is 11.6 Å². The lowest BCUT2D eigenvalue weighted by atomic mass is 9.84. The van der Waals surface area contributed by atoms with Crippen molar-refractivity contribution in [3.05, 3.63) is 35.4 Å². The van der Waals surface area contributed by atoms with Crippen LogP contribution < -0.4 is 5.32 Å². The van der Waals surface area contributed by atoms with Gasteiger partial charge in [-0.1, -0.05) is 32.9 Å². The summed E-state index contributed by atoms with van der Waals surface area (Å²) in [5.41, 5.74) is 0.183. The molecular weight excluding hydrogens is 276 g/mol. The van der Waals surface area contributed by atoms with Crippen LogP contribution >= 0.6 is 0 Å². The molecule has 1 aliphatic heterocycles. The van der Waals surface area contributed by atoms with Gasteiger partial charge in [-0.25, -0.2) is 8.78 Å². The summed E-state index contributed by atoms with van der Waals surface area (Å²) in [4.78, 5) is 11.4. The molecule has 2 rings (SSSR count). The number of benzene rings is 1. The van der Waals surface area contributed by atoms with E-state index in [1.54, 1.807) is 0 Å². The molecule has 21 heavy (non-hydrogen) atoms. The highest BCUT2D eigenvalue weighted by molar-refractivity contribution is 5.75. The van der Waals surface area contributed by atoms with E-state index < -0.39 is 29.6 Å². The predicted molar refractivity (Wildman–Crippen MR) is 76.1 cm³/mol. The second kappa shape index (κ2) is 5.72. The fourth-order valence-corrected chi connectivity index (χ4v) is 3.12. The van der Waals surface area contributed by atoms with Crippen molar-refractivity contribution in [3.63, 3.8) is 0 Å². The van der Waals surface area contributed by atoms with E-state index in [0.717, 1.165) is 12.5 Å². The predicted octanol–water partition coefficient (Wildman–Crippen LogP) is 3.30. The molecule has 2 N–H and O–H groups in total. The first-order valence-electron chi connectivity index (χ1n) is 7.12. The van der Waals surface area contributed by atoms with Gasteiger partial charge in [-0.05, 0) is 29.9 Å². The van der Waals surface area contributed by atoms with E-state index in [9.17, 15) is 18.7 Å². The van der Waals surface area contributed by atoms with Crippen molar-refractivity contribution >= 4 is 5.97 Å². The molecule has 0 radical (unpaired) electrons. The van der Waals surface area contributed by atoms with Crippen molar-refractivity contribution in [3.8, 4) is 0 Å². The normalized spacial score (nSPS) is 26.0. The van der Waals surface area contributed by atoms with Crippen LogP contribution in [0, 0.1) is 17.0 Å². The van der Waals surface area contributed by atoms with E-state index in [2.05, 4.69) is 26.1 Å². The van der Waals surface area contributed by atoms with E-state index in [-0.39, 0.29) is 17.0 Å². The zero-order chi connectivity index (χ0) is 15.8. The van der Waals surface area contributed by atoms with E-state index in [1.807, 2.05) is 0 Å². The van der Waals surface area contributed by atoms with Gasteiger partial charge in [0.25, 0.3) is 0 Å². The van der Waals surface area contributed by atoms with Crippen LogP contribution in [0.5, 0.6) is 0 Å². The van der Waals surface area contributed by atoms with Crippen LogP contribution in [0.4, 0.5) is 8.78 Å². The Balaban J connectivity index is 2.28. The van der Waals surface area contributed by atoms with Gasteiger partial charge < -0.3 is 10.4 Å². The lowest BCUT2D eigenvalue weighted by Gasteiger charge is -2.23. The first-order valence-corrected chi connectivity index (χ1v) is 7.12. The zero-order valence-electron chi connectivity index (χ0n) is 12.5. The van der Waals surface area contributed by atoms with Crippen molar-refractivity contribution in [2.75, 3.05) is 0 Å². The third-order valence-corrected chi connectivity index (χ3v) is 3.86. The lowest BCUT2D eigenvalue weighted by molar-refractivity contribution is -0.139. The molecular formula is C16H21F2NO2. The molecule has 0 aliphatic carbocycles. The van der Waals surface area contributed by atoms with Crippen LogP contribution in [0.15, 0.2) is 18.2 Å². The zero-order valence-corrected chi connectivity index (χ0v) is 12.5. The van der Waals surface area contributed by atoms with E-state index >= 15 is 0 Å². The van der Waals surface area contributed by atoms with Gasteiger partial charge in [-0.3, -0.25) is 4.79 Å². The summed E-state index contributed by atoms with van der Waals surface area (Å²) >= 11 is 0. The summed E-state index contributed by atoms with van der Waals surface area (Å²) in [6.07, 6.45) is 1.28. The van der Waals surface area contributed by atoms with Gasteiger partial charge in [-0.15, -0.1) is 0 Å². The van der Waals surface area contributed by atoms with E-state index in [4.69, 9.17) is 0 Å².